The molecule has 130 valence electrons. The number of fused-ring (bicyclic) bond motifs is 2. The van der Waals surface area contributed by atoms with Crippen molar-refractivity contribution in [2.75, 3.05) is 0 Å². The van der Waals surface area contributed by atoms with Crippen molar-refractivity contribution in [3.63, 3.8) is 0 Å². The van der Waals surface area contributed by atoms with Gasteiger partial charge < -0.3 is 4.57 Å². The maximum absolute atomic E-state index is 12.3. The smallest absolute Gasteiger partial charge is 0.300 e. The van der Waals surface area contributed by atoms with Gasteiger partial charge in [0, 0.05) is 33.7 Å². The first-order valence-corrected chi connectivity index (χ1v) is 9.74. The molecule has 0 atom stereocenters. The van der Waals surface area contributed by atoms with Gasteiger partial charge in [0.25, 0.3) is 5.91 Å². The molecule has 7 heteroatoms. The van der Waals surface area contributed by atoms with Crippen molar-refractivity contribution in [2.45, 2.75) is 13.5 Å². The Balaban J connectivity index is 1.57. The minimum Gasteiger partial charge on any atom is -0.347 e. The van der Waals surface area contributed by atoms with E-state index >= 15 is 0 Å². The van der Waals surface area contributed by atoms with E-state index in [1.54, 1.807) is 6.21 Å². The molecule has 0 aliphatic carbocycles. The average molecular weight is 427 g/mol. The number of hydrogen-bond donors (Lipinski definition) is 1. The maximum atomic E-state index is 12.3. The number of hydrogen-bond acceptors (Lipinski definition) is 4. The first-order chi connectivity index (χ1) is 12.7. The molecule has 0 unspecified atom stereocenters. The van der Waals surface area contributed by atoms with Crippen LogP contribution in [0.3, 0.4) is 0 Å². The molecule has 1 N–H and O–H groups in total. The zero-order chi connectivity index (χ0) is 18.1. The Morgan fingerprint density at radius 1 is 1.35 bits per heavy atom. The molecule has 4 rings (SSSR count). The highest BCUT2D eigenvalue weighted by Gasteiger charge is 2.11. The largest absolute Gasteiger partial charge is 0.347 e. The summed E-state index contributed by atoms with van der Waals surface area (Å²) in [5.41, 5.74) is 5.48. The van der Waals surface area contributed by atoms with E-state index in [-0.39, 0.29) is 5.91 Å². The lowest BCUT2D eigenvalue weighted by Gasteiger charge is -1.99. The van der Waals surface area contributed by atoms with E-state index in [1.165, 1.54) is 11.3 Å². The van der Waals surface area contributed by atoms with E-state index in [4.69, 9.17) is 0 Å². The predicted octanol–water partition coefficient (Wildman–Crippen LogP) is 4.80. The summed E-state index contributed by atoms with van der Waals surface area (Å²) in [5.74, 6) is -0.303. The molecule has 4 aromatic rings. The lowest BCUT2D eigenvalue weighted by molar-refractivity contribution is 0.0955. The van der Waals surface area contributed by atoms with Crippen molar-refractivity contribution in [3.05, 3.63) is 63.7 Å². The fourth-order valence-electron chi connectivity index (χ4n) is 2.84. The van der Waals surface area contributed by atoms with Gasteiger partial charge in [-0.2, -0.15) is 5.10 Å². The van der Waals surface area contributed by atoms with Gasteiger partial charge in [0.15, 0.2) is 5.01 Å². The highest BCUT2D eigenvalue weighted by atomic mass is 79.9. The van der Waals surface area contributed by atoms with Crippen LogP contribution in [0.1, 0.15) is 22.3 Å². The third-order valence-corrected chi connectivity index (χ3v) is 5.60. The Morgan fingerprint density at radius 2 is 2.19 bits per heavy atom. The van der Waals surface area contributed by atoms with E-state index in [0.717, 1.165) is 37.7 Å². The van der Waals surface area contributed by atoms with Crippen LogP contribution in [0.15, 0.2) is 58.2 Å². The van der Waals surface area contributed by atoms with Crippen molar-refractivity contribution in [3.8, 4) is 0 Å². The maximum Gasteiger partial charge on any atom is 0.300 e. The number of hydrazone groups is 1. The van der Waals surface area contributed by atoms with Crippen LogP contribution < -0.4 is 5.43 Å². The summed E-state index contributed by atoms with van der Waals surface area (Å²) in [4.78, 5) is 16.6. The Hall–Kier alpha value is -2.51. The zero-order valence-electron chi connectivity index (χ0n) is 13.9. The molecule has 0 spiro atoms. The van der Waals surface area contributed by atoms with Crippen LogP contribution in [0.2, 0.25) is 0 Å². The van der Waals surface area contributed by atoms with Gasteiger partial charge in [-0.1, -0.05) is 28.1 Å². The van der Waals surface area contributed by atoms with Gasteiger partial charge in [-0.3, -0.25) is 4.79 Å². The number of nitrogens with zero attached hydrogens (tertiary/aromatic N) is 3. The Kier molecular flexibility index (Phi) is 4.57. The number of thiazole rings is 1. The number of rotatable bonds is 4. The molecular formula is C19H15BrN4OS. The van der Waals surface area contributed by atoms with Crippen molar-refractivity contribution >= 4 is 60.5 Å². The Morgan fingerprint density at radius 3 is 3.00 bits per heavy atom. The Labute approximate surface area is 162 Å². The van der Waals surface area contributed by atoms with E-state index < -0.39 is 0 Å². The minimum absolute atomic E-state index is 0.303. The first-order valence-electron chi connectivity index (χ1n) is 8.13. The van der Waals surface area contributed by atoms with Crippen LogP contribution in [0.5, 0.6) is 0 Å². The van der Waals surface area contributed by atoms with Gasteiger partial charge in [-0.15, -0.1) is 11.3 Å². The lowest BCUT2D eigenvalue weighted by Crippen LogP contribution is -2.17. The summed E-state index contributed by atoms with van der Waals surface area (Å²) >= 11 is 4.86. The van der Waals surface area contributed by atoms with Crippen molar-refractivity contribution < 1.29 is 4.79 Å². The van der Waals surface area contributed by atoms with Crippen LogP contribution in [-0.4, -0.2) is 21.7 Å². The van der Waals surface area contributed by atoms with Crippen LogP contribution in [0, 0.1) is 0 Å². The van der Waals surface area contributed by atoms with Crippen molar-refractivity contribution in [1.29, 1.82) is 0 Å². The van der Waals surface area contributed by atoms with Gasteiger partial charge in [0.1, 0.15) is 0 Å². The third-order valence-electron chi connectivity index (χ3n) is 4.07. The Bertz CT molecular complexity index is 1110. The van der Waals surface area contributed by atoms with E-state index in [0.29, 0.717) is 5.01 Å². The molecule has 1 amide bonds. The summed E-state index contributed by atoms with van der Waals surface area (Å²) in [6.07, 6.45) is 3.70. The normalized spacial score (nSPS) is 11.6. The lowest BCUT2D eigenvalue weighted by atomic mass is 10.2. The second-order valence-electron chi connectivity index (χ2n) is 5.72. The number of para-hydroxylation sites is 1. The van der Waals surface area contributed by atoms with Crippen LogP contribution in [0.4, 0.5) is 0 Å². The first kappa shape index (κ1) is 16.9. The molecule has 2 aromatic carbocycles. The zero-order valence-corrected chi connectivity index (χ0v) is 16.3. The number of carbonyl (C=O) groups is 1. The molecular weight excluding hydrogens is 412 g/mol. The van der Waals surface area contributed by atoms with Crippen LogP contribution >= 0.6 is 27.3 Å². The quantitative estimate of drug-likeness (QED) is 0.376. The molecule has 5 nitrogen and oxygen atoms in total. The third kappa shape index (κ3) is 3.15. The number of nitrogens with one attached hydrogen (secondary N) is 1. The monoisotopic (exact) mass is 426 g/mol. The molecule has 0 radical (unpaired) electrons. The molecule has 26 heavy (non-hydrogen) atoms. The van der Waals surface area contributed by atoms with Gasteiger partial charge in [0.2, 0.25) is 0 Å². The number of amides is 1. The molecule has 0 saturated heterocycles. The number of halogens is 1. The minimum atomic E-state index is -0.303. The molecule has 0 aliphatic heterocycles. The number of aromatic nitrogens is 2. The summed E-state index contributed by atoms with van der Waals surface area (Å²) < 4.78 is 4.14. The fourth-order valence-corrected chi connectivity index (χ4v) is 4.06. The SMILES string of the molecule is CCn1cc(/C=N/NC(=O)c2nc3ccccc3s2)c2cc(Br)ccc21. The molecule has 0 saturated carbocycles. The second kappa shape index (κ2) is 7.01. The average Bonchev–Trinajstić information content (AvgIpc) is 3.23. The van der Waals surface area contributed by atoms with Gasteiger partial charge in [-0.05, 0) is 37.3 Å². The molecule has 0 fully saturated rings. The van der Waals surface area contributed by atoms with Crippen molar-refractivity contribution in [2.24, 2.45) is 5.10 Å². The van der Waals surface area contributed by atoms with Gasteiger partial charge in [0.05, 0.1) is 16.4 Å². The standard InChI is InChI=1S/C19H15BrN4OS/c1-2-24-11-12(14-9-13(20)7-8-16(14)24)10-21-23-18(25)19-22-15-5-3-4-6-17(15)26-19/h3-11H,2H2,1H3,(H,23,25)/b21-10+. The van der Waals surface area contributed by atoms with E-state index in [2.05, 4.69) is 55.1 Å². The van der Waals surface area contributed by atoms with Crippen molar-refractivity contribution in [1.82, 2.24) is 15.0 Å². The molecule has 2 aromatic heterocycles. The molecule has 0 aliphatic rings. The van der Waals surface area contributed by atoms with Crippen LogP contribution in [-0.2, 0) is 6.54 Å². The molecule has 0 bridgehead atoms. The predicted molar refractivity (Wildman–Crippen MR) is 110 cm³/mol. The second-order valence-corrected chi connectivity index (χ2v) is 7.66. The van der Waals surface area contributed by atoms with Gasteiger partial charge in [-0.25, -0.2) is 10.4 Å². The van der Waals surface area contributed by atoms with E-state index in [9.17, 15) is 4.79 Å². The number of carbonyl (C=O) groups excluding carboxylic acids is 1. The van der Waals surface area contributed by atoms with Crippen LogP contribution in [0.25, 0.3) is 21.1 Å². The summed E-state index contributed by atoms with van der Waals surface area (Å²) in [6.45, 7) is 2.96. The van der Waals surface area contributed by atoms with Gasteiger partial charge >= 0.3 is 0 Å². The highest BCUT2D eigenvalue weighted by Crippen LogP contribution is 2.24. The summed E-state index contributed by atoms with van der Waals surface area (Å²) in [6, 6.07) is 13.8. The summed E-state index contributed by atoms with van der Waals surface area (Å²) in [7, 11) is 0. The topological polar surface area (TPSA) is 59.3 Å². The fraction of sp³-hybridized carbons (Fsp3) is 0.105. The highest BCUT2D eigenvalue weighted by molar-refractivity contribution is 9.10. The number of aryl methyl sites for hydroxylation is 1. The number of benzene rings is 2. The summed E-state index contributed by atoms with van der Waals surface area (Å²) in [5, 5.41) is 5.62. The molecule has 2 heterocycles. The van der Waals surface area contributed by atoms with E-state index in [1.807, 2.05) is 36.5 Å².